The number of nitrogens with two attached hydrogens (primary N) is 2. The van der Waals surface area contributed by atoms with Crippen LogP contribution in [0, 0.1) is 0 Å². The maximum absolute atomic E-state index is 15.9. The van der Waals surface area contributed by atoms with E-state index in [9.17, 15) is 88.2 Å². The minimum Gasteiger partial charge on any atom is -0.508 e. The Bertz CT molecular complexity index is 5480. The summed E-state index contributed by atoms with van der Waals surface area (Å²) in [5.41, 5.74) is 13.2. The van der Waals surface area contributed by atoms with E-state index in [1.165, 1.54) is 74.8 Å². The van der Waals surface area contributed by atoms with E-state index in [0.29, 0.717) is 57.5 Å². The fourth-order valence-electron chi connectivity index (χ4n) is 16.8. The number of phenolic OH excluding ortho intramolecular Hbond substituents is 1. The summed E-state index contributed by atoms with van der Waals surface area (Å²) in [6, 6.07) is -5.64. The summed E-state index contributed by atoms with van der Waals surface area (Å²) < 4.78 is 1.37. The Morgan fingerprint density at radius 3 is 1.74 bits per heavy atom. The minimum atomic E-state index is -2.03. The van der Waals surface area contributed by atoms with Gasteiger partial charge in [-0.2, -0.15) is 0 Å². The molecule has 0 unspecified atom stereocenters. The quantitative estimate of drug-likeness (QED) is 0.0223. The van der Waals surface area contributed by atoms with Crippen molar-refractivity contribution in [3.05, 3.63) is 120 Å². The third-order valence-corrected chi connectivity index (χ3v) is 25.5. The van der Waals surface area contributed by atoms with Gasteiger partial charge in [0.25, 0.3) is 0 Å². The Labute approximate surface area is 801 Å². The first-order valence-electron chi connectivity index (χ1n) is 45.5. The summed E-state index contributed by atoms with van der Waals surface area (Å²) in [5.74, 6) is -23.9. The lowest BCUT2D eigenvalue weighted by Gasteiger charge is -2.36. The van der Waals surface area contributed by atoms with Gasteiger partial charge < -0.3 is 134 Å². The van der Waals surface area contributed by atoms with E-state index in [1.54, 1.807) is 62.4 Å². The average Bonchev–Trinajstić information content (AvgIpc) is 1.64. The lowest BCUT2D eigenvalue weighted by molar-refractivity contribution is -0.149. The monoisotopic (exact) mass is 1960 g/mol. The van der Waals surface area contributed by atoms with E-state index < -0.39 is 305 Å². The molecule has 752 valence electrons. The van der Waals surface area contributed by atoms with Crippen LogP contribution < -0.4 is 64.6 Å². The second kappa shape index (κ2) is 51.0. The number of aliphatic hydroxyl groups excluding tert-OH is 2. The van der Waals surface area contributed by atoms with Crippen LogP contribution in [0.2, 0.25) is 0 Å². The van der Waals surface area contributed by atoms with E-state index in [0.717, 1.165) is 31.5 Å². The molecule has 3 saturated heterocycles. The van der Waals surface area contributed by atoms with Gasteiger partial charge in [-0.25, -0.2) is 4.98 Å². The van der Waals surface area contributed by atoms with Gasteiger partial charge in [0.05, 0.1) is 37.8 Å². The van der Waals surface area contributed by atoms with Gasteiger partial charge in [0.2, 0.25) is 100 Å². The molecule has 3 aliphatic rings. The number of unbranched alkanes of at least 4 members (excludes halogenated alkanes) is 2. The number of H-pyrrole nitrogens is 2. The number of thioether (sulfide) groups is 1. The van der Waals surface area contributed by atoms with Crippen LogP contribution in [-0.2, 0) is 128 Å². The molecule has 0 radical (unpaired) electrons. The molecule has 0 aliphatic carbocycles. The second-order valence-corrected chi connectivity index (χ2v) is 35.6. The van der Waals surface area contributed by atoms with Crippen LogP contribution in [0.3, 0.4) is 0 Å². The van der Waals surface area contributed by atoms with E-state index in [1.807, 2.05) is 0 Å². The average molecular weight is 1960 g/mol. The van der Waals surface area contributed by atoms with Gasteiger partial charge in [-0.1, -0.05) is 88.1 Å². The van der Waals surface area contributed by atoms with Crippen molar-refractivity contribution in [2.24, 2.45) is 11.5 Å². The molecule has 9 rings (SSSR count). The fourth-order valence-corrected chi connectivity index (χ4v) is 17.7. The smallest absolute Gasteiger partial charge is 0.323 e. The summed E-state index contributed by atoms with van der Waals surface area (Å²) >= 11 is 0.668. The van der Waals surface area contributed by atoms with Gasteiger partial charge in [0, 0.05) is 131 Å². The number of primary amides is 2. The summed E-state index contributed by atoms with van der Waals surface area (Å²) in [6.07, 6.45) is -1.04. The Morgan fingerprint density at radius 2 is 1.10 bits per heavy atom. The number of carboxylic acids is 3. The molecule has 15 atom stereocenters. The number of phenols is 1. The number of carbonyl (C=O) groups excluding carboxylic acids is 17. The number of likely N-dealkylation sites (N-methyl/N-ethyl adjacent to an activating group) is 3. The number of para-hydroxylation sites is 2. The van der Waals surface area contributed by atoms with Crippen molar-refractivity contribution in [2.75, 3.05) is 58.9 Å². The highest BCUT2D eigenvalue weighted by Gasteiger charge is 2.47. The van der Waals surface area contributed by atoms with Crippen molar-refractivity contribution < 1.29 is 127 Å². The number of benzene rings is 3. The predicted octanol–water partition coefficient (Wildman–Crippen LogP) is -3.95. The minimum absolute atomic E-state index is 0.0886. The van der Waals surface area contributed by atoms with Crippen molar-refractivity contribution in [1.29, 1.82) is 0 Å². The van der Waals surface area contributed by atoms with Gasteiger partial charge in [-0.3, -0.25) is 95.9 Å². The van der Waals surface area contributed by atoms with Crippen LogP contribution >= 0.6 is 11.8 Å². The van der Waals surface area contributed by atoms with Crippen molar-refractivity contribution in [1.82, 2.24) is 97.2 Å². The van der Waals surface area contributed by atoms with Crippen LogP contribution in [0.1, 0.15) is 133 Å². The number of fused-ring (bicyclic) bond motifs is 4. The highest BCUT2D eigenvalue weighted by Crippen LogP contribution is 2.29. The third-order valence-electron chi connectivity index (χ3n) is 24.4. The molecule has 6 aromatic rings. The topological polar surface area (TPSA) is 701 Å². The number of rotatable bonds is 28. The number of aromatic nitrogens is 4. The van der Waals surface area contributed by atoms with E-state index in [4.69, 9.17) is 11.5 Å². The van der Waals surface area contributed by atoms with Gasteiger partial charge in [-0.15, -0.1) is 11.8 Å². The normalized spacial score (nSPS) is 24.3. The summed E-state index contributed by atoms with van der Waals surface area (Å²) in [5, 5.41) is 89.4. The van der Waals surface area contributed by atoms with Crippen LogP contribution in [0.15, 0.2) is 97.7 Å². The molecule has 6 heterocycles. The zero-order valence-electron chi connectivity index (χ0n) is 77.6. The zero-order chi connectivity index (χ0) is 102. The number of carbonyl (C=O) groups is 20. The summed E-state index contributed by atoms with van der Waals surface area (Å²) in [7, 11) is 3.61. The molecule has 0 bridgehead atoms. The predicted molar refractivity (Wildman–Crippen MR) is 496 cm³/mol. The summed E-state index contributed by atoms with van der Waals surface area (Å²) in [4.78, 5) is 302. The van der Waals surface area contributed by atoms with Gasteiger partial charge >= 0.3 is 17.9 Å². The van der Waals surface area contributed by atoms with Gasteiger partial charge in [-0.05, 0) is 86.4 Å². The first kappa shape index (κ1) is 108. The number of carboxylic acid groups (broad SMARTS) is 3. The first-order valence-corrected chi connectivity index (χ1v) is 46.6. The molecule has 22 N–H and O–H groups in total. The highest BCUT2D eigenvalue weighted by atomic mass is 32.2. The van der Waals surface area contributed by atoms with Gasteiger partial charge in [0.15, 0.2) is 0 Å². The highest BCUT2D eigenvalue weighted by molar-refractivity contribution is 8.00. The van der Waals surface area contributed by atoms with Crippen molar-refractivity contribution in [3.8, 4) is 5.75 Å². The lowest BCUT2D eigenvalue weighted by Crippen LogP contribution is -2.62. The molecule has 48 heteroatoms. The number of hydrogen-bond acceptors (Lipinski definition) is 25. The van der Waals surface area contributed by atoms with E-state index in [-0.39, 0.29) is 68.5 Å². The van der Waals surface area contributed by atoms with Crippen molar-refractivity contribution >= 4 is 152 Å². The van der Waals surface area contributed by atoms with Crippen LogP contribution in [0.25, 0.3) is 21.8 Å². The molecule has 3 fully saturated rings. The maximum Gasteiger partial charge on any atom is 0.323 e. The molecular weight excluding hydrogens is 1840 g/mol. The lowest BCUT2D eigenvalue weighted by atomic mass is 10.00. The molecule has 3 aliphatic heterocycles. The van der Waals surface area contributed by atoms with Crippen LogP contribution in [-0.4, -0.2) is 343 Å². The Hall–Kier alpha value is -14.6. The number of aromatic amines is 2. The number of aliphatic hydroxyl groups is 2. The second-order valence-electron chi connectivity index (χ2n) is 34.6. The molecule has 47 nitrogen and oxygen atoms in total. The first-order chi connectivity index (χ1) is 66.1. The number of nitrogens with one attached hydrogen (secondary N) is 12. The maximum atomic E-state index is 15.9. The molecule has 17 amide bonds. The van der Waals surface area contributed by atoms with Crippen molar-refractivity contribution in [2.45, 2.75) is 234 Å². The van der Waals surface area contributed by atoms with E-state index in [2.05, 4.69) is 68.1 Å². The summed E-state index contributed by atoms with van der Waals surface area (Å²) in [6.45, 7) is 1.27. The SMILES string of the molecule is CCCC[C@H]1C(=O)N(C)[C@@H](CCCC)C(=O)N[C@@H](CCC(=O)O)C(=O)N[C@H](C(=O)NCC(N)=O)CSCC(=O)N[C@@H](Cc2ccc(O)cc2)C(=O)N(C)[C@@H](C)C(=O)N[C@H](CC(=O)O)C(=O)N2CCC[C@H]2C(=O)N[C@@H](Cc2cnc[nH]2)C(=O)N[C@@H](CCC(N)=O)C(=O)N2C[C@H](O)C[C@H]2C(=O)N[C@@H](Cc2c[nH]c3ccccc23)C(=O)N[C@@H](CO)C(=O)N[C@@H](Cc2cn(CC(=O)O)c3ccccc23)C(=O)N1C. The molecule has 139 heavy (non-hydrogen) atoms. The molecule has 0 spiro atoms. The standard InChI is InChI=1S/C91H121N21O26S/c1-7-9-19-68-84(131)99-58(28-30-75(119)120)80(127)106-66(79(126)96-40-73(93)117)45-139-46-74(118)98-62(32-49-23-25-53(114)26-24-49)87(134)107(4)48(3)78(125)103-64(37-76(121)122)90(137)111-31-15-22-69(111)85(132)102-61(35-52-39-94-47-97-52)82(129)100-59(27-29-72(92)116)89(136)112-42-54(115)36-71(112)86(133)101-60(33-50-38-95-57-18-13-11-16-55(50)57)81(128)105-65(44-113)83(130)104-63(88(135)109(6)70(20-10-8-2)91(138)108(68)5)34-51-41-110(43-77(123)124)67-21-14-12-17-56(51)67/h11-14,16-18,21,23-26,38-39,41,47-48,54,58-66,68-71,95,113-115H,7-10,15,19-20,22,27-37,40,42-46H2,1-6H3,(H2,92,116)(H2,93,117)(H,94,97)(H,96,126)(H,98,118)(H,99,131)(H,100,129)(H,101,133)(H,102,132)(H,103,125)(H,104,130)(H,105,128)(H,106,127)(H,119,120)(H,121,122)(H,123,124)/t48-,54+,58-,59-,60-,61-,62-,63-,64+,65-,66-,68-,69-,70-,71-/m0/s1. The van der Waals surface area contributed by atoms with Crippen LogP contribution in [0.4, 0.5) is 0 Å². The Kier molecular flexibility index (Phi) is 39.7. The largest absolute Gasteiger partial charge is 0.508 e. The molecule has 3 aromatic heterocycles. The van der Waals surface area contributed by atoms with Crippen molar-refractivity contribution in [3.63, 3.8) is 0 Å². The third kappa shape index (κ3) is 30.0. The number of aliphatic carboxylic acids is 3. The number of imidazole rings is 1. The fraction of sp³-hybridized carbons (Fsp3) is 0.505. The molecule has 0 saturated carbocycles. The van der Waals surface area contributed by atoms with Crippen LogP contribution in [0.5, 0.6) is 5.75 Å². The number of aromatic hydroxyl groups is 1. The number of nitrogens with zero attached hydrogens (tertiary/aromatic N) is 7. The number of hydrogen-bond donors (Lipinski definition) is 20. The molecule has 3 aromatic carbocycles. The Balaban J connectivity index is 1.12. The molecular formula is C91H121N21O26S. The van der Waals surface area contributed by atoms with E-state index >= 15 is 38.4 Å². The van der Waals surface area contributed by atoms with Gasteiger partial charge in [0.1, 0.15) is 96.9 Å². The number of amides is 17. The zero-order valence-corrected chi connectivity index (χ0v) is 78.4. The Morgan fingerprint density at radius 1 is 0.532 bits per heavy atom.